The van der Waals surface area contributed by atoms with Gasteiger partial charge in [0.2, 0.25) is 0 Å². The fraction of sp³-hybridized carbons (Fsp3) is 0.600. The van der Waals surface area contributed by atoms with Gasteiger partial charge in [-0.05, 0) is 31.9 Å². The predicted octanol–water partition coefficient (Wildman–Crippen LogP) is 2.84. The van der Waals surface area contributed by atoms with E-state index in [1.54, 1.807) is 4.90 Å². The highest BCUT2D eigenvalue weighted by Gasteiger charge is 2.34. The summed E-state index contributed by atoms with van der Waals surface area (Å²) in [5.41, 5.74) is 1.16. The maximum atomic E-state index is 12.6. The number of rotatable bonds is 3. The Morgan fingerprint density at radius 3 is 2.60 bits per heavy atom. The van der Waals surface area contributed by atoms with Crippen molar-refractivity contribution in [1.82, 2.24) is 10.2 Å². The van der Waals surface area contributed by atoms with Crippen molar-refractivity contribution < 1.29 is 13.2 Å². The molecule has 2 atom stereocenters. The molecule has 1 aromatic rings. The molecule has 1 saturated heterocycles. The normalized spacial score (nSPS) is 25.4. The number of alkyl halides is 3. The van der Waals surface area contributed by atoms with Crippen molar-refractivity contribution in [2.24, 2.45) is 0 Å². The predicted molar refractivity (Wildman–Crippen MR) is 73.6 cm³/mol. The van der Waals surface area contributed by atoms with Crippen LogP contribution in [0, 0.1) is 0 Å². The maximum absolute atomic E-state index is 12.6. The number of halogens is 3. The molecule has 5 heteroatoms. The smallest absolute Gasteiger partial charge is 0.312 e. The number of nitrogens with zero attached hydrogens (tertiary/aromatic N) is 1. The summed E-state index contributed by atoms with van der Waals surface area (Å²) in [5, 5.41) is 3.37. The average Bonchev–Trinajstić information content (AvgIpc) is 2.52. The van der Waals surface area contributed by atoms with Gasteiger partial charge >= 0.3 is 6.18 Å². The van der Waals surface area contributed by atoms with Gasteiger partial charge in [0.1, 0.15) is 0 Å². The van der Waals surface area contributed by atoms with Gasteiger partial charge in [0.05, 0.1) is 6.54 Å². The minimum Gasteiger partial charge on any atom is -0.312 e. The molecule has 1 N–H and O–H groups in total. The maximum Gasteiger partial charge on any atom is 0.401 e. The molecular formula is C15H21F3N2. The van der Waals surface area contributed by atoms with Crippen LogP contribution in [-0.4, -0.2) is 42.8 Å². The minimum atomic E-state index is -4.13. The number of hydrogen-bond acceptors (Lipinski definition) is 2. The summed E-state index contributed by atoms with van der Waals surface area (Å²) < 4.78 is 37.9. The molecule has 1 fully saturated rings. The van der Waals surface area contributed by atoms with E-state index in [-0.39, 0.29) is 12.1 Å². The Balaban J connectivity index is 2.00. The molecular weight excluding hydrogens is 265 g/mol. The van der Waals surface area contributed by atoms with Gasteiger partial charge < -0.3 is 5.32 Å². The van der Waals surface area contributed by atoms with E-state index >= 15 is 0 Å². The molecule has 1 aliphatic heterocycles. The molecule has 1 aliphatic rings. The SMILES string of the molecule is CC1CCNC(Cc2ccccc2)CN1CC(F)(F)F. The molecule has 0 radical (unpaired) electrons. The van der Waals surface area contributed by atoms with Gasteiger partial charge in [0, 0.05) is 18.6 Å². The molecule has 0 aromatic heterocycles. The molecule has 112 valence electrons. The Labute approximate surface area is 118 Å². The fourth-order valence-corrected chi connectivity index (χ4v) is 2.69. The van der Waals surface area contributed by atoms with Crippen molar-refractivity contribution in [3.05, 3.63) is 35.9 Å². The van der Waals surface area contributed by atoms with Crippen LogP contribution in [0.3, 0.4) is 0 Å². The first-order chi connectivity index (χ1) is 9.44. The first kappa shape index (κ1) is 15.3. The molecule has 2 rings (SSSR count). The van der Waals surface area contributed by atoms with Gasteiger partial charge in [0.15, 0.2) is 0 Å². The zero-order valence-electron chi connectivity index (χ0n) is 11.7. The number of hydrogen-bond donors (Lipinski definition) is 1. The Hall–Kier alpha value is -1.07. The summed E-state index contributed by atoms with van der Waals surface area (Å²) in [4.78, 5) is 1.55. The Kier molecular flexibility index (Phi) is 5.05. The second kappa shape index (κ2) is 6.59. The second-order valence-electron chi connectivity index (χ2n) is 5.52. The average molecular weight is 286 g/mol. The number of benzene rings is 1. The number of nitrogens with one attached hydrogen (secondary N) is 1. The summed E-state index contributed by atoms with van der Waals surface area (Å²) in [5.74, 6) is 0. The van der Waals surface area contributed by atoms with Crippen LogP contribution < -0.4 is 5.32 Å². The van der Waals surface area contributed by atoms with Gasteiger partial charge in [-0.2, -0.15) is 13.2 Å². The Morgan fingerprint density at radius 2 is 1.95 bits per heavy atom. The van der Waals surface area contributed by atoms with Crippen LogP contribution in [0.15, 0.2) is 30.3 Å². The van der Waals surface area contributed by atoms with Crippen molar-refractivity contribution in [3.63, 3.8) is 0 Å². The van der Waals surface area contributed by atoms with E-state index in [4.69, 9.17) is 0 Å². The van der Waals surface area contributed by atoms with Gasteiger partial charge in [-0.25, -0.2) is 0 Å². The molecule has 20 heavy (non-hydrogen) atoms. The molecule has 0 bridgehead atoms. The lowest BCUT2D eigenvalue weighted by molar-refractivity contribution is -0.150. The van der Waals surface area contributed by atoms with E-state index in [0.29, 0.717) is 6.54 Å². The van der Waals surface area contributed by atoms with Gasteiger partial charge in [0.25, 0.3) is 0 Å². The Bertz CT molecular complexity index is 405. The van der Waals surface area contributed by atoms with E-state index in [2.05, 4.69) is 5.32 Å². The van der Waals surface area contributed by atoms with Crippen molar-refractivity contribution in [3.8, 4) is 0 Å². The highest BCUT2D eigenvalue weighted by Crippen LogP contribution is 2.21. The fourth-order valence-electron chi connectivity index (χ4n) is 2.69. The summed E-state index contributed by atoms with van der Waals surface area (Å²) >= 11 is 0. The van der Waals surface area contributed by atoms with Crippen molar-refractivity contribution >= 4 is 0 Å². The third-order valence-corrected chi connectivity index (χ3v) is 3.78. The summed E-state index contributed by atoms with van der Waals surface area (Å²) in [6.07, 6.45) is -2.61. The van der Waals surface area contributed by atoms with Gasteiger partial charge in [-0.3, -0.25) is 4.90 Å². The topological polar surface area (TPSA) is 15.3 Å². The van der Waals surface area contributed by atoms with E-state index in [1.165, 1.54) is 0 Å². The van der Waals surface area contributed by atoms with Crippen LogP contribution in [0.1, 0.15) is 18.9 Å². The van der Waals surface area contributed by atoms with Gasteiger partial charge in [-0.1, -0.05) is 30.3 Å². The van der Waals surface area contributed by atoms with Crippen molar-refractivity contribution in [1.29, 1.82) is 0 Å². The molecule has 1 aromatic carbocycles. The quantitative estimate of drug-likeness (QED) is 0.919. The lowest BCUT2D eigenvalue weighted by Gasteiger charge is -2.29. The van der Waals surface area contributed by atoms with Crippen molar-refractivity contribution in [2.45, 2.75) is 38.0 Å². The van der Waals surface area contributed by atoms with Crippen LogP contribution in [0.4, 0.5) is 13.2 Å². The van der Waals surface area contributed by atoms with E-state index in [9.17, 15) is 13.2 Å². The third kappa shape index (κ3) is 4.80. The minimum absolute atomic E-state index is 0.0371. The summed E-state index contributed by atoms with van der Waals surface area (Å²) in [6.45, 7) is 2.27. The second-order valence-corrected chi connectivity index (χ2v) is 5.52. The standard InChI is InChI=1S/C15H21F3N2/c1-12-7-8-19-14(9-13-5-3-2-4-6-13)10-20(12)11-15(16,17)18/h2-6,12,14,19H,7-11H2,1H3. The lowest BCUT2D eigenvalue weighted by Crippen LogP contribution is -2.45. The van der Waals surface area contributed by atoms with Crippen LogP contribution in [-0.2, 0) is 6.42 Å². The lowest BCUT2D eigenvalue weighted by atomic mass is 10.1. The van der Waals surface area contributed by atoms with Crippen LogP contribution in [0.2, 0.25) is 0 Å². The molecule has 0 spiro atoms. The van der Waals surface area contributed by atoms with E-state index in [0.717, 1.165) is 24.9 Å². The molecule has 0 aliphatic carbocycles. The van der Waals surface area contributed by atoms with Crippen LogP contribution >= 0.6 is 0 Å². The zero-order valence-corrected chi connectivity index (χ0v) is 11.7. The largest absolute Gasteiger partial charge is 0.401 e. The first-order valence-corrected chi connectivity index (χ1v) is 7.02. The highest BCUT2D eigenvalue weighted by molar-refractivity contribution is 5.16. The first-order valence-electron chi connectivity index (χ1n) is 7.02. The van der Waals surface area contributed by atoms with Crippen LogP contribution in [0.25, 0.3) is 0 Å². The monoisotopic (exact) mass is 286 g/mol. The van der Waals surface area contributed by atoms with E-state index < -0.39 is 12.7 Å². The van der Waals surface area contributed by atoms with Gasteiger partial charge in [-0.15, -0.1) is 0 Å². The Morgan fingerprint density at radius 1 is 1.25 bits per heavy atom. The molecule has 0 amide bonds. The van der Waals surface area contributed by atoms with Crippen molar-refractivity contribution in [2.75, 3.05) is 19.6 Å². The third-order valence-electron chi connectivity index (χ3n) is 3.78. The molecule has 2 unspecified atom stereocenters. The summed E-state index contributed by atoms with van der Waals surface area (Å²) in [7, 11) is 0. The summed E-state index contributed by atoms with van der Waals surface area (Å²) in [6, 6.07) is 9.94. The molecule has 2 nitrogen and oxygen atoms in total. The highest BCUT2D eigenvalue weighted by atomic mass is 19.4. The van der Waals surface area contributed by atoms with E-state index in [1.807, 2.05) is 37.3 Å². The van der Waals surface area contributed by atoms with Crippen LogP contribution in [0.5, 0.6) is 0 Å². The zero-order chi connectivity index (χ0) is 14.6. The molecule has 1 heterocycles. The molecule has 0 saturated carbocycles.